The number of hydrogen-bond acceptors (Lipinski definition) is 4. The molecule has 0 bridgehead atoms. The molecule has 0 radical (unpaired) electrons. The number of nitrogens with zero attached hydrogens (tertiary/aromatic N) is 2. The number of nitrogens with one attached hydrogen (secondary N) is 1. The molecule has 22 heavy (non-hydrogen) atoms. The normalized spacial score (nSPS) is 14.5. The maximum Gasteiger partial charge on any atom is 0.305 e. The zero-order valence-electron chi connectivity index (χ0n) is 14.1. The first kappa shape index (κ1) is 18.2. The molecule has 2 N–H and O–H groups in total. The molecule has 1 atom stereocenters. The summed E-state index contributed by atoms with van der Waals surface area (Å²) in [5, 5.41) is 16.0. The number of amides is 1. The highest BCUT2D eigenvalue weighted by atomic mass is 16.5. The highest BCUT2D eigenvalue weighted by Gasteiger charge is 2.31. The summed E-state index contributed by atoms with van der Waals surface area (Å²) in [6, 6.07) is 0. The Kier molecular flexibility index (Phi) is 5.35. The second-order valence-corrected chi connectivity index (χ2v) is 6.74. The van der Waals surface area contributed by atoms with Crippen LogP contribution in [0.1, 0.15) is 50.2 Å². The summed E-state index contributed by atoms with van der Waals surface area (Å²) in [7, 11) is 1.47. The SMILES string of the molecule is COCC(C)(CC(=O)O)NC(=O)c1cnn(C(C)(C)C)c1C. The molecule has 7 heteroatoms. The number of aliphatic carboxylic acids is 1. The summed E-state index contributed by atoms with van der Waals surface area (Å²) in [5.41, 5.74) is -0.0456. The minimum absolute atomic E-state index is 0.109. The van der Waals surface area contributed by atoms with E-state index in [9.17, 15) is 9.59 Å². The molecular weight excluding hydrogens is 286 g/mol. The number of methoxy groups -OCH3 is 1. The van der Waals surface area contributed by atoms with Crippen LogP contribution in [-0.4, -0.2) is 46.0 Å². The molecular formula is C15H25N3O4. The molecule has 7 nitrogen and oxygen atoms in total. The van der Waals surface area contributed by atoms with Crippen molar-refractivity contribution in [1.29, 1.82) is 0 Å². The number of carboxylic acid groups (broad SMARTS) is 1. The van der Waals surface area contributed by atoms with Crippen LogP contribution in [-0.2, 0) is 15.1 Å². The van der Waals surface area contributed by atoms with Crippen LogP contribution in [0.3, 0.4) is 0 Å². The molecule has 124 valence electrons. The summed E-state index contributed by atoms with van der Waals surface area (Å²) in [5.74, 6) is -1.35. The number of hydrogen-bond donors (Lipinski definition) is 2. The molecule has 0 aliphatic heterocycles. The van der Waals surface area contributed by atoms with Crippen molar-refractivity contribution in [2.24, 2.45) is 0 Å². The number of aromatic nitrogens is 2. The molecule has 0 saturated carbocycles. The first-order valence-electron chi connectivity index (χ1n) is 7.08. The van der Waals surface area contributed by atoms with Crippen molar-refractivity contribution in [3.05, 3.63) is 17.5 Å². The number of carbonyl (C=O) groups excluding carboxylic acids is 1. The molecule has 0 aliphatic rings. The lowest BCUT2D eigenvalue weighted by atomic mass is 9.98. The third kappa shape index (κ3) is 4.30. The summed E-state index contributed by atoms with van der Waals surface area (Å²) in [4.78, 5) is 23.5. The van der Waals surface area contributed by atoms with Gasteiger partial charge in [-0.1, -0.05) is 0 Å². The lowest BCUT2D eigenvalue weighted by Gasteiger charge is -2.28. The van der Waals surface area contributed by atoms with Crippen molar-refractivity contribution in [2.75, 3.05) is 13.7 Å². The van der Waals surface area contributed by atoms with Crippen LogP contribution >= 0.6 is 0 Å². The Hall–Kier alpha value is -1.89. The summed E-state index contributed by atoms with van der Waals surface area (Å²) in [6.07, 6.45) is 1.28. The van der Waals surface area contributed by atoms with Crippen molar-refractivity contribution in [3.63, 3.8) is 0 Å². The molecule has 0 aliphatic carbocycles. The Balaban J connectivity index is 3.01. The van der Waals surface area contributed by atoms with E-state index in [0.717, 1.165) is 5.69 Å². The van der Waals surface area contributed by atoms with Gasteiger partial charge in [-0.05, 0) is 34.6 Å². The van der Waals surface area contributed by atoms with E-state index < -0.39 is 11.5 Å². The molecule has 0 aromatic carbocycles. The lowest BCUT2D eigenvalue weighted by molar-refractivity contribution is -0.139. The molecule has 1 aromatic heterocycles. The fourth-order valence-corrected chi connectivity index (χ4v) is 2.43. The van der Waals surface area contributed by atoms with Gasteiger partial charge in [-0.3, -0.25) is 14.3 Å². The zero-order valence-corrected chi connectivity index (χ0v) is 14.1. The third-order valence-corrected chi connectivity index (χ3v) is 3.31. The lowest BCUT2D eigenvalue weighted by Crippen LogP contribution is -2.50. The van der Waals surface area contributed by atoms with Gasteiger partial charge in [-0.2, -0.15) is 5.10 Å². The van der Waals surface area contributed by atoms with E-state index in [-0.39, 0.29) is 24.5 Å². The fraction of sp³-hybridized carbons (Fsp3) is 0.667. The van der Waals surface area contributed by atoms with Gasteiger partial charge in [-0.25, -0.2) is 0 Å². The van der Waals surface area contributed by atoms with E-state index in [1.807, 2.05) is 27.7 Å². The van der Waals surface area contributed by atoms with E-state index in [0.29, 0.717) is 5.56 Å². The summed E-state index contributed by atoms with van der Waals surface area (Å²) >= 11 is 0. The molecule has 0 saturated heterocycles. The van der Waals surface area contributed by atoms with Crippen molar-refractivity contribution in [3.8, 4) is 0 Å². The Morgan fingerprint density at radius 2 is 1.95 bits per heavy atom. The van der Waals surface area contributed by atoms with Gasteiger partial charge >= 0.3 is 5.97 Å². The average Bonchev–Trinajstić information content (AvgIpc) is 2.69. The quantitative estimate of drug-likeness (QED) is 0.831. The van der Waals surface area contributed by atoms with Gasteiger partial charge in [0.05, 0.1) is 35.9 Å². The molecule has 0 fully saturated rings. The van der Waals surface area contributed by atoms with Gasteiger partial charge in [0.15, 0.2) is 0 Å². The van der Waals surface area contributed by atoms with Crippen LogP contribution in [0.25, 0.3) is 0 Å². The van der Waals surface area contributed by atoms with E-state index in [1.165, 1.54) is 13.3 Å². The van der Waals surface area contributed by atoms with Crippen LogP contribution in [0.5, 0.6) is 0 Å². The predicted octanol–water partition coefficient (Wildman–Crippen LogP) is 1.56. The standard InChI is InChI=1S/C15H25N3O4/c1-10-11(8-16-18(10)14(2,3)4)13(21)17-15(5,9-22-6)7-12(19)20/h8H,7,9H2,1-6H3,(H,17,21)(H,19,20). The van der Waals surface area contributed by atoms with Crippen molar-refractivity contribution in [2.45, 2.75) is 52.1 Å². The van der Waals surface area contributed by atoms with E-state index in [2.05, 4.69) is 10.4 Å². The predicted molar refractivity (Wildman–Crippen MR) is 82.0 cm³/mol. The monoisotopic (exact) mass is 311 g/mol. The largest absolute Gasteiger partial charge is 0.481 e. The number of ether oxygens (including phenoxy) is 1. The number of carboxylic acids is 1. The Morgan fingerprint density at radius 3 is 2.36 bits per heavy atom. The van der Waals surface area contributed by atoms with Gasteiger partial charge < -0.3 is 15.2 Å². The van der Waals surface area contributed by atoms with Crippen molar-refractivity contribution in [1.82, 2.24) is 15.1 Å². The maximum atomic E-state index is 12.5. The number of rotatable bonds is 6. The Labute approximate surface area is 130 Å². The molecule has 0 spiro atoms. The smallest absolute Gasteiger partial charge is 0.305 e. The van der Waals surface area contributed by atoms with E-state index in [4.69, 9.17) is 9.84 Å². The minimum atomic E-state index is -0.998. The molecule has 1 rings (SSSR count). The third-order valence-electron chi connectivity index (χ3n) is 3.31. The van der Waals surface area contributed by atoms with Crippen molar-refractivity contribution >= 4 is 11.9 Å². The molecule has 1 heterocycles. The first-order chi connectivity index (χ1) is 10.00. The highest BCUT2D eigenvalue weighted by Crippen LogP contribution is 2.19. The summed E-state index contributed by atoms with van der Waals surface area (Å²) < 4.78 is 6.81. The van der Waals surface area contributed by atoms with Gasteiger partial charge in [0.1, 0.15) is 0 Å². The molecule has 1 unspecified atom stereocenters. The second kappa shape index (κ2) is 6.48. The Morgan fingerprint density at radius 1 is 1.36 bits per heavy atom. The van der Waals surface area contributed by atoms with Gasteiger partial charge in [0.2, 0.25) is 0 Å². The van der Waals surface area contributed by atoms with E-state index >= 15 is 0 Å². The van der Waals surface area contributed by atoms with Crippen LogP contribution < -0.4 is 5.32 Å². The minimum Gasteiger partial charge on any atom is -0.481 e. The molecule has 1 amide bonds. The van der Waals surface area contributed by atoms with Gasteiger partial charge in [-0.15, -0.1) is 0 Å². The van der Waals surface area contributed by atoms with Crippen LogP contribution in [0, 0.1) is 6.92 Å². The van der Waals surface area contributed by atoms with Gasteiger partial charge in [0, 0.05) is 12.8 Å². The van der Waals surface area contributed by atoms with Crippen molar-refractivity contribution < 1.29 is 19.4 Å². The van der Waals surface area contributed by atoms with Gasteiger partial charge in [0.25, 0.3) is 5.91 Å². The zero-order chi connectivity index (χ0) is 17.1. The molecule has 1 aromatic rings. The second-order valence-electron chi connectivity index (χ2n) is 6.74. The summed E-state index contributed by atoms with van der Waals surface area (Å²) in [6.45, 7) is 9.55. The maximum absolute atomic E-state index is 12.5. The highest BCUT2D eigenvalue weighted by molar-refractivity contribution is 5.95. The Bertz CT molecular complexity index is 560. The van der Waals surface area contributed by atoms with Crippen LogP contribution in [0.4, 0.5) is 0 Å². The van der Waals surface area contributed by atoms with E-state index in [1.54, 1.807) is 11.6 Å². The number of carbonyl (C=O) groups is 2. The topological polar surface area (TPSA) is 93.4 Å². The first-order valence-corrected chi connectivity index (χ1v) is 7.08. The van der Waals surface area contributed by atoms with Crippen LogP contribution in [0.15, 0.2) is 6.20 Å². The average molecular weight is 311 g/mol. The fourth-order valence-electron chi connectivity index (χ4n) is 2.43. The van der Waals surface area contributed by atoms with Crippen LogP contribution in [0.2, 0.25) is 0 Å².